The summed E-state index contributed by atoms with van der Waals surface area (Å²) in [5.74, 6) is 6.37. The third-order valence-corrected chi connectivity index (χ3v) is 6.02. The van der Waals surface area contributed by atoms with Gasteiger partial charge >= 0.3 is 0 Å². The van der Waals surface area contributed by atoms with Crippen molar-refractivity contribution in [2.24, 2.45) is 41.4 Å². The fourth-order valence-electron chi connectivity index (χ4n) is 5.45. The van der Waals surface area contributed by atoms with Gasteiger partial charge in [-0.2, -0.15) is 0 Å². The third-order valence-electron chi connectivity index (χ3n) is 6.02. The molecule has 0 aromatic rings. The van der Waals surface area contributed by atoms with Gasteiger partial charge in [-0.25, -0.2) is 0 Å². The van der Waals surface area contributed by atoms with Crippen LogP contribution in [0.25, 0.3) is 0 Å². The van der Waals surface area contributed by atoms with Crippen molar-refractivity contribution in [2.75, 3.05) is 0 Å². The molecule has 0 heterocycles. The highest BCUT2D eigenvalue weighted by molar-refractivity contribution is 5.25. The molecule has 0 N–H and O–H groups in total. The Hall–Kier alpha value is -0.520. The van der Waals surface area contributed by atoms with E-state index < -0.39 is 0 Å². The molecule has 0 saturated heterocycles. The van der Waals surface area contributed by atoms with Gasteiger partial charge in [0.15, 0.2) is 0 Å². The standard InChI is InChI=1S/C19H30/c1-5-6-16-15-10-17(14-8-7-13(4)9-14)18(11-15)19(16)12(2)3/h6-8,12-15,17-19H,5,9-11H2,1-4H3/b16-6+. The first kappa shape index (κ1) is 13.5. The van der Waals surface area contributed by atoms with Crippen LogP contribution in [0.2, 0.25) is 0 Å². The van der Waals surface area contributed by atoms with Crippen LogP contribution in [0.5, 0.6) is 0 Å². The van der Waals surface area contributed by atoms with E-state index in [1.165, 1.54) is 25.7 Å². The van der Waals surface area contributed by atoms with E-state index >= 15 is 0 Å². The summed E-state index contributed by atoms with van der Waals surface area (Å²) in [6.07, 6.45) is 13.2. The second-order valence-corrected chi connectivity index (χ2v) is 7.64. The lowest BCUT2D eigenvalue weighted by Crippen LogP contribution is -2.30. The molecular weight excluding hydrogens is 228 g/mol. The van der Waals surface area contributed by atoms with Crippen molar-refractivity contribution in [2.45, 2.75) is 53.4 Å². The van der Waals surface area contributed by atoms with E-state index in [0.717, 1.165) is 41.4 Å². The van der Waals surface area contributed by atoms with Gasteiger partial charge in [-0.1, -0.05) is 51.5 Å². The molecule has 2 bridgehead atoms. The molecule has 3 aliphatic carbocycles. The van der Waals surface area contributed by atoms with E-state index in [-0.39, 0.29) is 0 Å². The Bertz CT molecular complexity index is 387. The zero-order chi connectivity index (χ0) is 13.6. The topological polar surface area (TPSA) is 0 Å². The maximum atomic E-state index is 2.57. The van der Waals surface area contributed by atoms with E-state index in [1.54, 1.807) is 0 Å². The van der Waals surface area contributed by atoms with Crippen LogP contribution < -0.4 is 0 Å². The minimum absolute atomic E-state index is 0.826. The first-order valence-electron chi connectivity index (χ1n) is 8.50. The molecule has 6 atom stereocenters. The summed E-state index contributed by atoms with van der Waals surface area (Å²) in [4.78, 5) is 0. The number of hydrogen-bond acceptors (Lipinski definition) is 0. The van der Waals surface area contributed by atoms with E-state index in [2.05, 4.69) is 45.9 Å². The van der Waals surface area contributed by atoms with Crippen molar-refractivity contribution in [3.05, 3.63) is 23.8 Å². The predicted molar refractivity (Wildman–Crippen MR) is 82.8 cm³/mol. The van der Waals surface area contributed by atoms with Crippen molar-refractivity contribution in [3.63, 3.8) is 0 Å². The van der Waals surface area contributed by atoms with Gasteiger partial charge in [0, 0.05) is 0 Å². The normalized spacial score (nSPS) is 46.9. The van der Waals surface area contributed by atoms with Gasteiger partial charge < -0.3 is 0 Å². The molecule has 2 fully saturated rings. The van der Waals surface area contributed by atoms with Crippen molar-refractivity contribution >= 4 is 0 Å². The van der Waals surface area contributed by atoms with E-state index in [9.17, 15) is 0 Å². The maximum absolute atomic E-state index is 2.57. The molecule has 3 aliphatic rings. The van der Waals surface area contributed by atoms with Crippen molar-refractivity contribution in [3.8, 4) is 0 Å². The highest BCUT2D eigenvalue weighted by Gasteiger charge is 2.51. The summed E-state index contributed by atoms with van der Waals surface area (Å²) >= 11 is 0. The minimum Gasteiger partial charge on any atom is -0.0854 e. The average molecular weight is 258 g/mol. The monoisotopic (exact) mass is 258 g/mol. The number of hydrogen-bond donors (Lipinski definition) is 0. The SMILES string of the molecule is CC/C=C1\C2CC(C3C=CC(C)C3)C(C2)C1C(C)C. The van der Waals surface area contributed by atoms with Crippen molar-refractivity contribution < 1.29 is 0 Å². The Balaban J connectivity index is 1.80. The lowest BCUT2D eigenvalue weighted by Gasteiger charge is -2.37. The van der Waals surface area contributed by atoms with Crippen LogP contribution in [-0.4, -0.2) is 0 Å². The molecule has 0 aromatic heterocycles. The van der Waals surface area contributed by atoms with Crippen LogP contribution >= 0.6 is 0 Å². The zero-order valence-electron chi connectivity index (χ0n) is 13.1. The summed E-state index contributed by atoms with van der Waals surface area (Å²) in [7, 11) is 0. The van der Waals surface area contributed by atoms with Crippen LogP contribution in [0.3, 0.4) is 0 Å². The molecule has 0 aromatic carbocycles. The van der Waals surface area contributed by atoms with E-state index in [4.69, 9.17) is 0 Å². The fourth-order valence-corrected chi connectivity index (χ4v) is 5.45. The molecule has 0 heteroatoms. The molecule has 0 radical (unpaired) electrons. The predicted octanol–water partition coefficient (Wildman–Crippen LogP) is 5.46. The molecule has 0 nitrogen and oxygen atoms in total. The highest BCUT2D eigenvalue weighted by Crippen LogP contribution is 2.60. The van der Waals surface area contributed by atoms with Crippen LogP contribution in [0.4, 0.5) is 0 Å². The van der Waals surface area contributed by atoms with Gasteiger partial charge in [0.1, 0.15) is 0 Å². The Kier molecular flexibility index (Phi) is 3.62. The number of rotatable bonds is 3. The zero-order valence-corrected chi connectivity index (χ0v) is 13.1. The fraction of sp³-hybridized carbons (Fsp3) is 0.789. The molecule has 2 saturated carbocycles. The van der Waals surface area contributed by atoms with Gasteiger partial charge in [0.2, 0.25) is 0 Å². The van der Waals surface area contributed by atoms with Gasteiger partial charge in [-0.15, -0.1) is 0 Å². The molecule has 0 spiro atoms. The smallest absolute Gasteiger partial charge is 0.0146 e. The Morgan fingerprint density at radius 1 is 1.16 bits per heavy atom. The van der Waals surface area contributed by atoms with Gasteiger partial charge in [0.05, 0.1) is 0 Å². The summed E-state index contributed by atoms with van der Waals surface area (Å²) < 4.78 is 0. The second kappa shape index (κ2) is 5.11. The minimum atomic E-state index is 0.826. The van der Waals surface area contributed by atoms with Crippen LogP contribution in [0.15, 0.2) is 23.8 Å². The first-order valence-corrected chi connectivity index (χ1v) is 8.50. The average Bonchev–Trinajstić information content (AvgIpc) is 3.02. The maximum Gasteiger partial charge on any atom is -0.0146 e. The quantitative estimate of drug-likeness (QED) is 0.589. The Morgan fingerprint density at radius 2 is 1.89 bits per heavy atom. The molecule has 19 heavy (non-hydrogen) atoms. The number of fused-ring (bicyclic) bond motifs is 2. The van der Waals surface area contributed by atoms with E-state index in [0.29, 0.717) is 0 Å². The van der Waals surface area contributed by atoms with Crippen LogP contribution in [0, 0.1) is 41.4 Å². The molecule has 0 amide bonds. The van der Waals surface area contributed by atoms with Crippen molar-refractivity contribution in [1.82, 2.24) is 0 Å². The molecule has 106 valence electrons. The van der Waals surface area contributed by atoms with E-state index in [1.807, 2.05) is 5.57 Å². The molecular formula is C19H30. The summed E-state index contributed by atoms with van der Waals surface area (Å²) in [5.41, 5.74) is 1.84. The van der Waals surface area contributed by atoms with Gasteiger partial charge in [0.25, 0.3) is 0 Å². The summed E-state index contributed by atoms with van der Waals surface area (Å²) in [6, 6.07) is 0. The molecule has 6 unspecified atom stereocenters. The number of allylic oxidation sites excluding steroid dienone is 4. The van der Waals surface area contributed by atoms with Gasteiger partial charge in [-0.05, 0) is 67.1 Å². The lowest BCUT2D eigenvalue weighted by atomic mass is 9.68. The largest absolute Gasteiger partial charge is 0.0854 e. The second-order valence-electron chi connectivity index (χ2n) is 7.64. The lowest BCUT2D eigenvalue weighted by molar-refractivity contribution is 0.188. The van der Waals surface area contributed by atoms with Gasteiger partial charge in [-0.3, -0.25) is 0 Å². The van der Waals surface area contributed by atoms with Crippen molar-refractivity contribution in [1.29, 1.82) is 0 Å². The molecule has 0 aliphatic heterocycles. The van der Waals surface area contributed by atoms with Crippen LogP contribution in [0.1, 0.15) is 53.4 Å². The third kappa shape index (κ3) is 2.22. The highest BCUT2D eigenvalue weighted by atomic mass is 14.6. The Morgan fingerprint density at radius 3 is 2.47 bits per heavy atom. The summed E-state index contributed by atoms with van der Waals surface area (Å²) in [6.45, 7) is 9.57. The Labute approximate surface area is 119 Å². The first-order chi connectivity index (χ1) is 9.11. The summed E-state index contributed by atoms with van der Waals surface area (Å²) in [5, 5.41) is 0. The molecule has 3 rings (SSSR count). The van der Waals surface area contributed by atoms with Crippen LogP contribution in [-0.2, 0) is 0 Å².